The topological polar surface area (TPSA) is 49.8 Å². The van der Waals surface area contributed by atoms with Gasteiger partial charge in [0.25, 0.3) is 5.91 Å². The van der Waals surface area contributed by atoms with E-state index in [2.05, 4.69) is 0 Å². The van der Waals surface area contributed by atoms with Gasteiger partial charge in [-0.2, -0.15) is 5.06 Å². The maximum Gasteiger partial charge on any atom is 0.276 e. The molecule has 0 heterocycles. The number of nitrogens with zero attached hydrogens (tertiary/aromatic N) is 1. The van der Waals surface area contributed by atoms with E-state index in [0.717, 1.165) is 29.7 Å². The van der Waals surface area contributed by atoms with E-state index in [-0.39, 0.29) is 0 Å². The first-order chi connectivity index (χ1) is 8.19. The molecule has 0 spiro atoms. The number of carbonyl (C=O) groups is 1. The fourth-order valence-electron chi connectivity index (χ4n) is 1.86. The van der Waals surface area contributed by atoms with E-state index in [1.807, 2.05) is 32.0 Å². The van der Waals surface area contributed by atoms with E-state index in [9.17, 15) is 4.79 Å². The molecule has 1 aromatic carbocycles. The Labute approximate surface area is 102 Å². The molecule has 0 radical (unpaired) electrons. The monoisotopic (exact) mass is 237 g/mol. The second-order valence-corrected chi connectivity index (χ2v) is 3.66. The molecule has 1 N–H and O–H groups in total. The van der Waals surface area contributed by atoms with Gasteiger partial charge in [-0.1, -0.05) is 32.0 Å². The number of aryl methyl sites for hydroxylation is 2. The van der Waals surface area contributed by atoms with Crippen LogP contribution in [-0.2, 0) is 22.5 Å². The number of hydrogen-bond donors (Lipinski definition) is 1. The molecule has 0 aliphatic rings. The summed E-state index contributed by atoms with van der Waals surface area (Å²) < 4.78 is 0. The highest BCUT2D eigenvalue weighted by atomic mass is 16.7. The Kier molecular flexibility index (Phi) is 5.12. The number of hydrogen-bond acceptors (Lipinski definition) is 3. The van der Waals surface area contributed by atoms with Crippen LogP contribution in [0.5, 0.6) is 0 Å². The van der Waals surface area contributed by atoms with Crippen molar-refractivity contribution in [3.63, 3.8) is 0 Å². The second kappa shape index (κ2) is 6.37. The highest BCUT2D eigenvalue weighted by molar-refractivity contribution is 5.93. The van der Waals surface area contributed by atoms with Crippen molar-refractivity contribution in [1.82, 2.24) is 0 Å². The Hall–Kier alpha value is -1.39. The molecule has 4 nitrogen and oxygen atoms in total. The van der Waals surface area contributed by atoms with Crippen molar-refractivity contribution in [3.05, 3.63) is 29.3 Å². The van der Waals surface area contributed by atoms with Crippen molar-refractivity contribution in [1.29, 1.82) is 0 Å². The largest absolute Gasteiger partial charge is 0.386 e. The maximum atomic E-state index is 11.6. The molecule has 0 saturated heterocycles. The van der Waals surface area contributed by atoms with Crippen LogP contribution in [0.4, 0.5) is 5.69 Å². The Morgan fingerprint density at radius 2 is 1.82 bits per heavy atom. The van der Waals surface area contributed by atoms with Crippen molar-refractivity contribution in [2.45, 2.75) is 26.7 Å². The van der Waals surface area contributed by atoms with E-state index in [4.69, 9.17) is 9.94 Å². The first-order valence-electron chi connectivity index (χ1n) is 5.78. The molecular formula is C13H19NO3. The standard InChI is InChI=1S/C13H19NO3/c1-4-10-7-6-8-11(5-2)13(10)14(17-3)12(16)9-15/h6-8,15H,4-5,9H2,1-3H3. The molecule has 0 saturated carbocycles. The predicted octanol–water partition coefficient (Wildman–Crippen LogP) is 1.70. The number of hydroxylamine groups is 1. The van der Waals surface area contributed by atoms with Gasteiger partial charge in [-0.05, 0) is 24.0 Å². The molecule has 0 aliphatic carbocycles. The maximum absolute atomic E-state index is 11.6. The Morgan fingerprint density at radius 1 is 1.29 bits per heavy atom. The lowest BCUT2D eigenvalue weighted by atomic mass is 10.0. The van der Waals surface area contributed by atoms with Crippen LogP contribution in [0, 0.1) is 0 Å². The van der Waals surface area contributed by atoms with Gasteiger partial charge in [-0.25, -0.2) is 0 Å². The quantitative estimate of drug-likeness (QED) is 0.793. The highest BCUT2D eigenvalue weighted by Gasteiger charge is 2.20. The number of para-hydroxylation sites is 1. The molecular weight excluding hydrogens is 218 g/mol. The fourth-order valence-corrected chi connectivity index (χ4v) is 1.86. The zero-order valence-electron chi connectivity index (χ0n) is 10.6. The van der Waals surface area contributed by atoms with Crippen molar-refractivity contribution in [3.8, 4) is 0 Å². The summed E-state index contributed by atoms with van der Waals surface area (Å²) in [5, 5.41) is 10.1. The number of carbonyl (C=O) groups excluding carboxylic acids is 1. The number of aliphatic hydroxyl groups excluding tert-OH is 1. The number of benzene rings is 1. The van der Waals surface area contributed by atoms with Crippen LogP contribution in [0.15, 0.2) is 18.2 Å². The molecule has 1 rings (SSSR count). The first kappa shape index (κ1) is 13.7. The van der Waals surface area contributed by atoms with Gasteiger partial charge >= 0.3 is 0 Å². The van der Waals surface area contributed by atoms with Crippen LogP contribution in [0.1, 0.15) is 25.0 Å². The molecule has 0 aliphatic heterocycles. The SMILES string of the molecule is CCc1cccc(CC)c1N(OC)C(=O)CO. The zero-order chi connectivity index (χ0) is 12.8. The van der Waals surface area contributed by atoms with Gasteiger partial charge in [-0.3, -0.25) is 9.63 Å². The number of amides is 1. The average Bonchev–Trinajstić information content (AvgIpc) is 2.39. The van der Waals surface area contributed by atoms with Gasteiger partial charge in [0.1, 0.15) is 6.61 Å². The number of aliphatic hydroxyl groups is 1. The Morgan fingerprint density at radius 3 is 2.18 bits per heavy atom. The minimum Gasteiger partial charge on any atom is -0.386 e. The molecule has 0 bridgehead atoms. The molecule has 0 fully saturated rings. The summed E-state index contributed by atoms with van der Waals surface area (Å²) in [6.45, 7) is 3.49. The third kappa shape index (κ3) is 2.84. The smallest absolute Gasteiger partial charge is 0.276 e. The normalized spacial score (nSPS) is 10.4. The molecule has 1 aromatic rings. The summed E-state index contributed by atoms with van der Waals surface area (Å²) >= 11 is 0. The number of anilines is 1. The summed E-state index contributed by atoms with van der Waals surface area (Å²) in [6, 6.07) is 5.90. The zero-order valence-corrected chi connectivity index (χ0v) is 10.6. The van der Waals surface area contributed by atoms with Gasteiger partial charge in [0.2, 0.25) is 0 Å². The fraction of sp³-hybridized carbons (Fsp3) is 0.462. The van der Waals surface area contributed by atoms with Crippen LogP contribution in [-0.4, -0.2) is 24.7 Å². The lowest BCUT2D eigenvalue weighted by molar-refractivity contribution is -0.127. The first-order valence-corrected chi connectivity index (χ1v) is 5.78. The van der Waals surface area contributed by atoms with E-state index >= 15 is 0 Å². The predicted molar refractivity (Wildman–Crippen MR) is 66.8 cm³/mol. The van der Waals surface area contributed by atoms with Crippen molar-refractivity contribution >= 4 is 11.6 Å². The summed E-state index contributed by atoms with van der Waals surface area (Å²) in [5.74, 6) is -0.455. The van der Waals surface area contributed by atoms with Gasteiger partial charge < -0.3 is 5.11 Å². The molecule has 1 amide bonds. The van der Waals surface area contributed by atoms with Crippen LogP contribution >= 0.6 is 0 Å². The van der Waals surface area contributed by atoms with Crippen molar-refractivity contribution < 1.29 is 14.7 Å². The molecule has 17 heavy (non-hydrogen) atoms. The number of rotatable bonds is 5. The molecule has 94 valence electrons. The summed E-state index contributed by atoms with van der Waals surface area (Å²) in [4.78, 5) is 16.7. The summed E-state index contributed by atoms with van der Waals surface area (Å²) in [6.07, 6.45) is 1.61. The van der Waals surface area contributed by atoms with Crippen LogP contribution in [0.25, 0.3) is 0 Å². The van der Waals surface area contributed by atoms with Crippen LogP contribution < -0.4 is 5.06 Å². The summed E-state index contributed by atoms with van der Waals surface area (Å²) in [7, 11) is 1.43. The van der Waals surface area contributed by atoms with E-state index in [1.54, 1.807) is 0 Å². The molecule has 0 aromatic heterocycles. The molecule has 0 unspecified atom stereocenters. The van der Waals surface area contributed by atoms with Gasteiger partial charge in [-0.15, -0.1) is 0 Å². The Bertz CT molecular complexity index is 368. The molecule has 4 heteroatoms. The minimum atomic E-state index is -0.560. The van der Waals surface area contributed by atoms with Gasteiger partial charge in [0.15, 0.2) is 0 Å². The van der Waals surface area contributed by atoms with Gasteiger partial charge in [0, 0.05) is 0 Å². The van der Waals surface area contributed by atoms with Crippen molar-refractivity contribution in [2.24, 2.45) is 0 Å². The van der Waals surface area contributed by atoms with Crippen molar-refractivity contribution in [2.75, 3.05) is 18.8 Å². The van der Waals surface area contributed by atoms with Crippen LogP contribution in [0.3, 0.4) is 0 Å². The lowest BCUT2D eigenvalue weighted by Gasteiger charge is -2.24. The third-order valence-electron chi connectivity index (χ3n) is 2.71. The van der Waals surface area contributed by atoms with E-state index in [0.29, 0.717) is 0 Å². The van der Waals surface area contributed by atoms with E-state index < -0.39 is 12.5 Å². The van der Waals surface area contributed by atoms with Crippen LogP contribution in [0.2, 0.25) is 0 Å². The highest BCUT2D eigenvalue weighted by Crippen LogP contribution is 2.27. The average molecular weight is 237 g/mol. The van der Waals surface area contributed by atoms with E-state index in [1.165, 1.54) is 12.2 Å². The molecule has 0 atom stereocenters. The minimum absolute atomic E-state index is 0.455. The summed E-state index contributed by atoms with van der Waals surface area (Å²) in [5.41, 5.74) is 2.83. The Balaban J connectivity index is 3.29. The third-order valence-corrected chi connectivity index (χ3v) is 2.71. The second-order valence-electron chi connectivity index (χ2n) is 3.66. The lowest BCUT2D eigenvalue weighted by Crippen LogP contribution is -2.33. The van der Waals surface area contributed by atoms with Gasteiger partial charge in [0.05, 0.1) is 12.8 Å².